The molecule has 0 radical (unpaired) electrons. The fourth-order valence-electron chi connectivity index (χ4n) is 2.53. The van der Waals surface area contributed by atoms with Gasteiger partial charge in [0.1, 0.15) is 0 Å². The molecule has 1 saturated heterocycles. The van der Waals surface area contributed by atoms with E-state index < -0.39 is 0 Å². The molecule has 1 saturated carbocycles. The quantitative estimate of drug-likeness (QED) is 0.839. The first-order chi connectivity index (χ1) is 7.83. The average molecular weight is 217 g/mol. The van der Waals surface area contributed by atoms with Crippen molar-refractivity contribution in [1.29, 1.82) is 0 Å². The van der Waals surface area contributed by atoms with Crippen molar-refractivity contribution in [2.45, 2.75) is 38.3 Å². The molecule has 2 aliphatic rings. The summed E-state index contributed by atoms with van der Waals surface area (Å²) in [5.41, 5.74) is 2.30. The highest BCUT2D eigenvalue weighted by Crippen LogP contribution is 2.30. The van der Waals surface area contributed by atoms with E-state index in [9.17, 15) is 0 Å². The number of nitrogens with one attached hydrogen (secondary N) is 1. The topological polar surface area (TPSA) is 28.2 Å². The van der Waals surface area contributed by atoms with Gasteiger partial charge in [0.2, 0.25) is 0 Å². The number of aryl methyl sites for hydroxylation is 1. The minimum atomic E-state index is 0.614. The Bertz CT molecular complexity index is 373. The summed E-state index contributed by atoms with van der Waals surface area (Å²) < 4.78 is 0. The third-order valence-corrected chi connectivity index (χ3v) is 3.65. The predicted molar refractivity (Wildman–Crippen MR) is 65.6 cm³/mol. The zero-order valence-electron chi connectivity index (χ0n) is 9.82. The maximum absolute atomic E-state index is 4.31. The van der Waals surface area contributed by atoms with Crippen molar-refractivity contribution in [2.75, 3.05) is 18.4 Å². The first kappa shape index (κ1) is 10.1. The molecule has 0 amide bonds. The molecule has 3 heteroatoms. The number of aromatic nitrogens is 1. The van der Waals surface area contributed by atoms with Gasteiger partial charge in [0.05, 0.1) is 11.4 Å². The van der Waals surface area contributed by atoms with E-state index in [1.165, 1.54) is 38.0 Å². The number of nitrogens with zero attached hydrogens (tertiary/aromatic N) is 2. The number of likely N-dealkylation sites (tertiary alicyclic amines) is 1. The molecular formula is C13H19N3. The molecule has 0 spiro atoms. The van der Waals surface area contributed by atoms with Gasteiger partial charge in [-0.15, -0.1) is 0 Å². The van der Waals surface area contributed by atoms with Crippen LogP contribution in [0.5, 0.6) is 0 Å². The van der Waals surface area contributed by atoms with Crippen LogP contribution in [0.25, 0.3) is 0 Å². The van der Waals surface area contributed by atoms with Crippen molar-refractivity contribution < 1.29 is 0 Å². The van der Waals surface area contributed by atoms with Crippen LogP contribution in [-0.4, -0.2) is 35.1 Å². The lowest BCUT2D eigenvalue weighted by Gasteiger charge is -2.17. The van der Waals surface area contributed by atoms with Crippen molar-refractivity contribution in [3.63, 3.8) is 0 Å². The molecular weight excluding hydrogens is 198 g/mol. The molecule has 3 rings (SSSR count). The van der Waals surface area contributed by atoms with Crippen molar-refractivity contribution in [3.05, 3.63) is 24.0 Å². The normalized spacial score (nSPS) is 25.9. The Morgan fingerprint density at radius 2 is 2.25 bits per heavy atom. The molecule has 2 fully saturated rings. The van der Waals surface area contributed by atoms with E-state index >= 15 is 0 Å². The predicted octanol–water partition coefficient (Wildman–Crippen LogP) is 2.04. The van der Waals surface area contributed by atoms with Crippen LogP contribution in [0.1, 0.15) is 25.0 Å². The van der Waals surface area contributed by atoms with E-state index in [1.54, 1.807) is 0 Å². The van der Waals surface area contributed by atoms with E-state index in [4.69, 9.17) is 0 Å². The van der Waals surface area contributed by atoms with Gasteiger partial charge in [0.15, 0.2) is 0 Å². The molecule has 1 aliphatic carbocycles. The highest BCUT2D eigenvalue weighted by Gasteiger charge is 2.34. The highest BCUT2D eigenvalue weighted by molar-refractivity contribution is 5.47. The lowest BCUT2D eigenvalue weighted by atomic mass is 10.2. The lowest BCUT2D eigenvalue weighted by Crippen LogP contribution is -2.27. The molecule has 1 aromatic rings. The molecule has 1 aromatic heterocycles. The Balaban J connectivity index is 1.61. The van der Waals surface area contributed by atoms with Crippen LogP contribution in [0.3, 0.4) is 0 Å². The van der Waals surface area contributed by atoms with Crippen LogP contribution in [0.4, 0.5) is 5.69 Å². The van der Waals surface area contributed by atoms with Crippen LogP contribution in [0.2, 0.25) is 0 Å². The third-order valence-electron chi connectivity index (χ3n) is 3.65. The van der Waals surface area contributed by atoms with Crippen LogP contribution in [-0.2, 0) is 0 Å². The number of hydrogen-bond acceptors (Lipinski definition) is 3. The Kier molecular flexibility index (Phi) is 2.56. The molecule has 86 valence electrons. The maximum Gasteiger partial charge on any atom is 0.0603 e. The van der Waals surface area contributed by atoms with E-state index in [0.29, 0.717) is 6.04 Å². The molecule has 1 aliphatic heterocycles. The van der Waals surface area contributed by atoms with Crippen molar-refractivity contribution in [2.24, 2.45) is 0 Å². The number of hydrogen-bond donors (Lipinski definition) is 1. The van der Waals surface area contributed by atoms with E-state index in [2.05, 4.69) is 28.2 Å². The van der Waals surface area contributed by atoms with Crippen LogP contribution < -0.4 is 5.32 Å². The van der Waals surface area contributed by atoms with Crippen LogP contribution in [0, 0.1) is 6.92 Å². The van der Waals surface area contributed by atoms with Gasteiger partial charge in [0.25, 0.3) is 0 Å². The van der Waals surface area contributed by atoms with Crippen molar-refractivity contribution in [1.82, 2.24) is 9.88 Å². The molecule has 1 atom stereocenters. The Morgan fingerprint density at radius 3 is 3.00 bits per heavy atom. The number of anilines is 1. The fraction of sp³-hybridized carbons (Fsp3) is 0.615. The Hall–Kier alpha value is -1.09. The van der Waals surface area contributed by atoms with Gasteiger partial charge in [-0.2, -0.15) is 0 Å². The van der Waals surface area contributed by atoms with Gasteiger partial charge >= 0.3 is 0 Å². The SMILES string of the molecule is Cc1ncccc1NC1CCN(C2CC2)C1. The van der Waals surface area contributed by atoms with Crippen LogP contribution in [0.15, 0.2) is 18.3 Å². The zero-order chi connectivity index (χ0) is 11.0. The van der Waals surface area contributed by atoms with E-state index in [0.717, 1.165) is 11.7 Å². The summed E-state index contributed by atoms with van der Waals surface area (Å²) in [6.45, 7) is 4.54. The van der Waals surface area contributed by atoms with Gasteiger partial charge in [-0.05, 0) is 38.3 Å². The first-order valence-corrected chi connectivity index (χ1v) is 6.25. The largest absolute Gasteiger partial charge is 0.380 e. The smallest absolute Gasteiger partial charge is 0.0603 e. The Morgan fingerprint density at radius 1 is 1.38 bits per heavy atom. The van der Waals surface area contributed by atoms with E-state index in [1.807, 2.05) is 12.3 Å². The highest BCUT2D eigenvalue weighted by atomic mass is 15.2. The van der Waals surface area contributed by atoms with Gasteiger partial charge < -0.3 is 5.32 Å². The fourth-order valence-corrected chi connectivity index (χ4v) is 2.53. The standard InChI is InChI=1S/C13H19N3/c1-10-13(3-2-7-14-10)15-11-6-8-16(9-11)12-4-5-12/h2-3,7,11-12,15H,4-6,8-9H2,1H3. The van der Waals surface area contributed by atoms with Crippen LogP contribution >= 0.6 is 0 Å². The molecule has 3 nitrogen and oxygen atoms in total. The zero-order valence-corrected chi connectivity index (χ0v) is 9.82. The second-order valence-electron chi connectivity index (χ2n) is 4.99. The summed E-state index contributed by atoms with van der Waals surface area (Å²) in [6.07, 6.45) is 5.95. The second kappa shape index (κ2) is 4.06. The van der Waals surface area contributed by atoms with Gasteiger partial charge in [-0.1, -0.05) is 0 Å². The Labute approximate surface area is 96.9 Å². The van der Waals surface area contributed by atoms with Gasteiger partial charge in [-0.25, -0.2) is 0 Å². The molecule has 1 N–H and O–H groups in total. The van der Waals surface area contributed by atoms with E-state index in [-0.39, 0.29) is 0 Å². The second-order valence-corrected chi connectivity index (χ2v) is 4.99. The number of pyridine rings is 1. The summed E-state index contributed by atoms with van der Waals surface area (Å²) in [5, 5.41) is 3.62. The molecule has 0 aromatic carbocycles. The van der Waals surface area contributed by atoms with Crippen molar-refractivity contribution >= 4 is 5.69 Å². The lowest BCUT2D eigenvalue weighted by molar-refractivity contribution is 0.326. The summed E-state index contributed by atoms with van der Waals surface area (Å²) in [4.78, 5) is 6.94. The van der Waals surface area contributed by atoms with Crippen molar-refractivity contribution in [3.8, 4) is 0 Å². The summed E-state index contributed by atoms with van der Waals surface area (Å²) >= 11 is 0. The summed E-state index contributed by atoms with van der Waals surface area (Å²) in [6, 6.07) is 5.65. The summed E-state index contributed by atoms with van der Waals surface area (Å²) in [5.74, 6) is 0. The first-order valence-electron chi connectivity index (χ1n) is 6.25. The minimum absolute atomic E-state index is 0.614. The summed E-state index contributed by atoms with van der Waals surface area (Å²) in [7, 11) is 0. The molecule has 0 bridgehead atoms. The van der Waals surface area contributed by atoms with Gasteiger partial charge in [0, 0.05) is 31.4 Å². The minimum Gasteiger partial charge on any atom is -0.380 e. The molecule has 16 heavy (non-hydrogen) atoms. The molecule has 2 heterocycles. The average Bonchev–Trinajstić information content (AvgIpc) is 3.03. The monoisotopic (exact) mass is 217 g/mol. The maximum atomic E-state index is 4.31. The van der Waals surface area contributed by atoms with Gasteiger partial charge in [-0.3, -0.25) is 9.88 Å². The third kappa shape index (κ3) is 2.05. The number of rotatable bonds is 3. The molecule has 1 unspecified atom stereocenters.